The highest BCUT2D eigenvalue weighted by Crippen LogP contribution is 2.32. The molecular weight excluding hydrogens is 407 g/mol. The first-order valence-corrected chi connectivity index (χ1v) is 11.1. The van der Waals surface area contributed by atoms with Crippen molar-refractivity contribution < 1.29 is 17.9 Å². The number of hydrogen-bond donors (Lipinski definition) is 1. The van der Waals surface area contributed by atoms with Crippen molar-refractivity contribution in [3.63, 3.8) is 0 Å². The van der Waals surface area contributed by atoms with E-state index in [4.69, 9.17) is 9.73 Å². The molecule has 1 aromatic carbocycles. The average Bonchev–Trinajstić information content (AvgIpc) is 2.97. The minimum atomic E-state index is -4.36. The predicted octanol–water partition coefficient (Wildman–Crippen LogP) is 2.68. The number of nitrogens with one attached hydrogen (secondary N) is 1. The van der Waals surface area contributed by atoms with Gasteiger partial charge in [-0.1, -0.05) is 12.1 Å². The second kappa shape index (κ2) is 11.2. The van der Waals surface area contributed by atoms with Crippen LogP contribution in [0.25, 0.3) is 0 Å². The van der Waals surface area contributed by atoms with Gasteiger partial charge in [0.2, 0.25) is 0 Å². The van der Waals surface area contributed by atoms with Crippen molar-refractivity contribution in [2.24, 2.45) is 4.99 Å². The summed E-state index contributed by atoms with van der Waals surface area (Å²) < 4.78 is 45.1. The summed E-state index contributed by atoms with van der Waals surface area (Å²) in [5.74, 6) is 0.801. The smallest absolute Gasteiger partial charge is 0.370 e. The standard InChI is InChI=1S/C22H34F3N5O/c1-3-26-21(27-8-11-29-10-5-9-28(2)12-13-29)30-14-15-31-20(17-30)18-6-4-7-19(16-18)22(23,24)25/h4,6-7,16,20H,3,5,8-15,17H2,1-2H3,(H,26,27). The molecule has 2 heterocycles. The molecule has 0 spiro atoms. The molecule has 1 unspecified atom stereocenters. The summed E-state index contributed by atoms with van der Waals surface area (Å²) in [5, 5.41) is 3.33. The van der Waals surface area contributed by atoms with Crippen LogP contribution >= 0.6 is 0 Å². The molecule has 2 saturated heterocycles. The van der Waals surface area contributed by atoms with E-state index < -0.39 is 17.8 Å². The van der Waals surface area contributed by atoms with Crippen molar-refractivity contribution in [2.45, 2.75) is 25.6 Å². The van der Waals surface area contributed by atoms with Gasteiger partial charge in [-0.25, -0.2) is 0 Å². The molecule has 174 valence electrons. The first-order valence-electron chi connectivity index (χ1n) is 11.1. The number of alkyl halides is 3. The summed E-state index contributed by atoms with van der Waals surface area (Å²) >= 11 is 0. The molecular formula is C22H34F3N5O. The molecule has 2 aliphatic heterocycles. The lowest BCUT2D eigenvalue weighted by molar-refractivity contribution is -0.137. The Morgan fingerprint density at radius 2 is 2.03 bits per heavy atom. The van der Waals surface area contributed by atoms with Gasteiger partial charge in [0, 0.05) is 32.7 Å². The van der Waals surface area contributed by atoms with Crippen LogP contribution in [0.2, 0.25) is 0 Å². The Morgan fingerprint density at radius 3 is 2.81 bits per heavy atom. The van der Waals surface area contributed by atoms with E-state index in [1.165, 1.54) is 18.6 Å². The fourth-order valence-electron chi connectivity index (χ4n) is 4.01. The van der Waals surface area contributed by atoms with Gasteiger partial charge >= 0.3 is 6.18 Å². The van der Waals surface area contributed by atoms with Crippen molar-refractivity contribution >= 4 is 5.96 Å². The van der Waals surface area contributed by atoms with E-state index in [2.05, 4.69) is 27.1 Å². The highest BCUT2D eigenvalue weighted by atomic mass is 19.4. The number of morpholine rings is 1. The number of likely N-dealkylation sites (N-methyl/N-ethyl adjacent to an activating group) is 1. The van der Waals surface area contributed by atoms with E-state index in [1.807, 2.05) is 6.92 Å². The fourth-order valence-corrected chi connectivity index (χ4v) is 4.01. The van der Waals surface area contributed by atoms with E-state index in [0.717, 1.165) is 51.3 Å². The maximum absolute atomic E-state index is 13.1. The van der Waals surface area contributed by atoms with Gasteiger partial charge in [0.25, 0.3) is 0 Å². The number of nitrogens with zero attached hydrogens (tertiary/aromatic N) is 4. The molecule has 2 aliphatic rings. The van der Waals surface area contributed by atoms with Crippen LogP contribution in [0.3, 0.4) is 0 Å². The number of halogens is 3. The van der Waals surface area contributed by atoms with Crippen molar-refractivity contribution in [2.75, 3.05) is 72.6 Å². The van der Waals surface area contributed by atoms with Crippen LogP contribution in [0.1, 0.15) is 30.6 Å². The molecule has 1 aromatic rings. The molecule has 0 aliphatic carbocycles. The Bertz CT molecular complexity index is 727. The second-order valence-corrected chi connectivity index (χ2v) is 8.16. The first kappa shape index (κ1) is 23.8. The highest BCUT2D eigenvalue weighted by Gasteiger charge is 2.32. The number of aliphatic imine (C=N–C) groups is 1. The Hall–Kier alpha value is -1.84. The maximum atomic E-state index is 13.1. The third-order valence-electron chi connectivity index (χ3n) is 5.78. The average molecular weight is 442 g/mol. The van der Waals surface area contributed by atoms with Crippen LogP contribution in [0.4, 0.5) is 13.2 Å². The quantitative estimate of drug-likeness (QED) is 0.562. The lowest BCUT2D eigenvalue weighted by atomic mass is 10.0. The number of hydrogen-bond acceptors (Lipinski definition) is 4. The van der Waals surface area contributed by atoms with Gasteiger partial charge in [-0.15, -0.1) is 0 Å². The van der Waals surface area contributed by atoms with Gasteiger partial charge in [-0.3, -0.25) is 4.99 Å². The topological polar surface area (TPSA) is 43.3 Å². The van der Waals surface area contributed by atoms with Gasteiger partial charge in [0.1, 0.15) is 6.10 Å². The molecule has 0 bridgehead atoms. The van der Waals surface area contributed by atoms with Crippen molar-refractivity contribution in [3.8, 4) is 0 Å². The summed E-state index contributed by atoms with van der Waals surface area (Å²) in [6.45, 7) is 10.3. The number of guanidine groups is 1. The molecule has 0 saturated carbocycles. The van der Waals surface area contributed by atoms with Crippen molar-refractivity contribution in [1.82, 2.24) is 20.0 Å². The van der Waals surface area contributed by atoms with Crippen molar-refractivity contribution in [3.05, 3.63) is 35.4 Å². The van der Waals surface area contributed by atoms with Crippen LogP contribution < -0.4 is 5.32 Å². The number of benzene rings is 1. The van der Waals surface area contributed by atoms with Gasteiger partial charge in [0.05, 0.1) is 25.3 Å². The summed E-state index contributed by atoms with van der Waals surface area (Å²) in [6.07, 6.45) is -3.60. The fraction of sp³-hybridized carbons (Fsp3) is 0.682. The Kier molecular flexibility index (Phi) is 8.57. The minimum Gasteiger partial charge on any atom is -0.370 e. The molecule has 2 fully saturated rings. The molecule has 0 aromatic heterocycles. The van der Waals surface area contributed by atoms with Gasteiger partial charge < -0.3 is 24.8 Å². The Labute approximate surface area is 183 Å². The molecule has 1 atom stereocenters. The van der Waals surface area contributed by atoms with E-state index >= 15 is 0 Å². The third kappa shape index (κ3) is 7.08. The van der Waals surface area contributed by atoms with Crippen LogP contribution in [0.15, 0.2) is 29.3 Å². The zero-order chi connectivity index (χ0) is 22.3. The number of ether oxygens (including phenoxy) is 1. The Balaban J connectivity index is 1.62. The first-order chi connectivity index (χ1) is 14.9. The summed E-state index contributed by atoms with van der Waals surface area (Å²) in [6, 6.07) is 5.42. The van der Waals surface area contributed by atoms with Crippen LogP contribution in [-0.4, -0.2) is 93.2 Å². The molecule has 9 heteroatoms. The van der Waals surface area contributed by atoms with Crippen LogP contribution in [0, 0.1) is 0 Å². The van der Waals surface area contributed by atoms with Gasteiger partial charge in [-0.05, 0) is 51.2 Å². The SMILES string of the molecule is CCNC(=NCCN1CCCN(C)CC1)N1CCOC(c2cccc(C(F)(F)F)c2)C1. The normalized spacial score (nSPS) is 22.4. The largest absolute Gasteiger partial charge is 0.416 e. The van der Waals surface area contributed by atoms with E-state index in [9.17, 15) is 13.2 Å². The van der Waals surface area contributed by atoms with Gasteiger partial charge in [0.15, 0.2) is 5.96 Å². The Morgan fingerprint density at radius 1 is 1.19 bits per heavy atom. The zero-order valence-corrected chi connectivity index (χ0v) is 18.5. The van der Waals surface area contributed by atoms with Gasteiger partial charge in [-0.2, -0.15) is 13.2 Å². The summed E-state index contributed by atoms with van der Waals surface area (Å²) in [7, 11) is 2.16. The van der Waals surface area contributed by atoms with E-state index in [1.54, 1.807) is 6.07 Å². The molecule has 1 N–H and O–H groups in total. The predicted molar refractivity (Wildman–Crippen MR) is 116 cm³/mol. The third-order valence-corrected chi connectivity index (χ3v) is 5.78. The lowest BCUT2D eigenvalue weighted by Gasteiger charge is -2.35. The summed E-state index contributed by atoms with van der Waals surface area (Å²) in [4.78, 5) is 11.7. The van der Waals surface area contributed by atoms with E-state index in [-0.39, 0.29) is 0 Å². The molecule has 3 rings (SSSR count). The minimum absolute atomic E-state index is 0.416. The van der Waals surface area contributed by atoms with Crippen LogP contribution in [0.5, 0.6) is 0 Å². The lowest BCUT2D eigenvalue weighted by Crippen LogP contribution is -2.48. The summed E-state index contributed by atoms with van der Waals surface area (Å²) in [5.41, 5.74) is -0.0987. The van der Waals surface area contributed by atoms with Crippen LogP contribution in [-0.2, 0) is 10.9 Å². The van der Waals surface area contributed by atoms with E-state index in [0.29, 0.717) is 31.8 Å². The molecule has 31 heavy (non-hydrogen) atoms. The maximum Gasteiger partial charge on any atom is 0.416 e. The second-order valence-electron chi connectivity index (χ2n) is 8.16. The zero-order valence-electron chi connectivity index (χ0n) is 18.5. The van der Waals surface area contributed by atoms with Crippen molar-refractivity contribution in [1.29, 1.82) is 0 Å². The highest BCUT2D eigenvalue weighted by molar-refractivity contribution is 5.80. The molecule has 6 nitrogen and oxygen atoms in total. The molecule has 0 radical (unpaired) electrons. The monoisotopic (exact) mass is 441 g/mol. The molecule has 0 amide bonds. The number of rotatable bonds is 5.